The third-order valence-corrected chi connectivity index (χ3v) is 3.65. The summed E-state index contributed by atoms with van der Waals surface area (Å²) in [5.74, 6) is -1.54. The lowest BCUT2D eigenvalue weighted by molar-refractivity contribution is -0.385. The van der Waals surface area contributed by atoms with Crippen LogP contribution in [-0.2, 0) is 4.74 Å². The van der Waals surface area contributed by atoms with Crippen LogP contribution in [0.2, 0.25) is 5.02 Å². The highest BCUT2D eigenvalue weighted by molar-refractivity contribution is 6.31. The lowest BCUT2D eigenvalue weighted by Crippen LogP contribution is -2.15. The Balaban J connectivity index is 1.75. The van der Waals surface area contributed by atoms with E-state index in [0.29, 0.717) is 5.58 Å². The molecular weight excluding hydrogens is 350 g/mol. The zero-order valence-electron chi connectivity index (χ0n) is 12.6. The molecule has 0 aliphatic heterocycles. The molecule has 2 aromatic carbocycles. The van der Waals surface area contributed by atoms with Gasteiger partial charge in [-0.1, -0.05) is 29.8 Å². The second kappa shape index (κ2) is 6.74. The minimum Gasteiger partial charge on any atom is -0.453 e. The van der Waals surface area contributed by atoms with Crippen LogP contribution in [0.1, 0.15) is 20.9 Å². The summed E-state index contributed by atoms with van der Waals surface area (Å²) in [7, 11) is 0. The number of halogens is 1. The molecule has 7 nitrogen and oxygen atoms in total. The molecule has 0 aliphatic carbocycles. The number of carbonyl (C=O) groups is 2. The Labute approximate surface area is 145 Å². The van der Waals surface area contributed by atoms with Gasteiger partial charge in [-0.15, -0.1) is 0 Å². The molecule has 0 fully saturated rings. The highest BCUT2D eigenvalue weighted by Crippen LogP contribution is 2.24. The molecule has 0 amide bonds. The number of esters is 1. The van der Waals surface area contributed by atoms with Crippen LogP contribution >= 0.6 is 11.6 Å². The number of nitro groups is 1. The van der Waals surface area contributed by atoms with Crippen LogP contribution in [-0.4, -0.2) is 23.3 Å². The third kappa shape index (κ3) is 3.51. The molecule has 0 bridgehead atoms. The van der Waals surface area contributed by atoms with E-state index in [-0.39, 0.29) is 16.3 Å². The van der Waals surface area contributed by atoms with Gasteiger partial charge in [0.25, 0.3) is 5.69 Å². The third-order valence-electron chi connectivity index (χ3n) is 3.41. The Bertz CT molecular complexity index is 961. The first-order valence-electron chi connectivity index (χ1n) is 7.08. The first-order valence-corrected chi connectivity index (χ1v) is 7.46. The van der Waals surface area contributed by atoms with E-state index in [9.17, 15) is 19.7 Å². The van der Waals surface area contributed by atoms with Crippen LogP contribution < -0.4 is 0 Å². The fourth-order valence-corrected chi connectivity index (χ4v) is 2.40. The summed E-state index contributed by atoms with van der Waals surface area (Å²) in [5.41, 5.74) is -0.247. The maximum Gasteiger partial charge on any atom is 0.345 e. The van der Waals surface area contributed by atoms with Gasteiger partial charge in [0, 0.05) is 16.5 Å². The Hall–Kier alpha value is -3.19. The molecular formula is C17H10ClNO6. The Kier molecular flexibility index (Phi) is 4.49. The summed E-state index contributed by atoms with van der Waals surface area (Å²) < 4.78 is 10.3. The highest BCUT2D eigenvalue weighted by Gasteiger charge is 2.23. The maximum absolute atomic E-state index is 12.1. The minimum absolute atomic E-state index is 0.0367. The van der Waals surface area contributed by atoms with Crippen molar-refractivity contribution in [3.05, 3.63) is 75.0 Å². The number of Topliss-reactive ketones (excluding diaryl/α,β-unsaturated/α-hetero) is 1. The Morgan fingerprint density at radius 1 is 1.16 bits per heavy atom. The molecule has 0 saturated carbocycles. The van der Waals surface area contributed by atoms with E-state index in [1.54, 1.807) is 24.3 Å². The van der Waals surface area contributed by atoms with Gasteiger partial charge in [-0.25, -0.2) is 4.79 Å². The van der Waals surface area contributed by atoms with E-state index in [0.717, 1.165) is 17.5 Å². The molecule has 8 heteroatoms. The van der Waals surface area contributed by atoms with Gasteiger partial charge < -0.3 is 9.15 Å². The predicted octanol–water partition coefficient (Wildman–Crippen LogP) is 4.03. The molecule has 3 rings (SSSR count). The van der Waals surface area contributed by atoms with Crippen molar-refractivity contribution < 1.29 is 23.7 Å². The number of carbonyl (C=O) groups excluding carboxylic acids is 2. The van der Waals surface area contributed by atoms with Gasteiger partial charge in [0.05, 0.1) is 4.92 Å². The van der Waals surface area contributed by atoms with E-state index in [2.05, 4.69) is 0 Å². The SMILES string of the molecule is O=C(COC(=O)c1cc(Cl)ccc1[N+](=O)[O-])c1cc2ccccc2o1. The summed E-state index contributed by atoms with van der Waals surface area (Å²) in [5, 5.41) is 11.8. The Morgan fingerprint density at radius 2 is 1.92 bits per heavy atom. The largest absolute Gasteiger partial charge is 0.453 e. The van der Waals surface area contributed by atoms with Crippen LogP contribution in [0, 0.1) is 10.1 Å². The molecule has 126 valence electrons. The van der Waals surface area contributed by atoms with E-state index in [1.807, 2.05) is 0 Å². The second-order valence-electron chi connectivity index (χ2n) is 5.07. The first kappa shape index (κ1) is 16.7. The average molecular weight is 360 g/mol. The molecule has 1 aromatic heterocycles. The standard InChI is InChI=1S/C17H10ClNO6/c18-11-5-6-13(19(22)23)12(8-11)17(21)24-9-14(20)16-7-10-3-1-2-4-15(10)25-16/h1-8H,9H2. The van der Waals surface area contributed by atoms with Crippen molar-refractivity contribution >= 4 is 40.0 Å². The number of nitro benzene ring substituents is 1. The van der Waals surface area contributed by atoms with Crippen LogP contribution in [0.5, 0.6) is 0 Å². The number of ketones is 1. The Morgan fingerprint density at radius 3 is 2.64 bits per heavy atom. The molecule has 0 aliphatic rings. The zero-order valence-corrected chi connectivity index (χ0v) is 13.4. The average Bonchev–Trinajstić information content (AvgIpc) is 3.03. The van der Waals surface area contributed by atoms with Crippen LogP contribution in [0.4, 0.5) is 5.69 Å². The number of ether oxygens (including phenoxy) is 1. The van der Waals surface area contributed by atoms with Crippen molar-refractivity contribution in [3.8, 4) is 0 Å². The molecule has 1 heterocycles. The molecule has 3 aromatic rings. The van der Waals surface area contributed by atoms with Gasteiger partial charge in [-0.3, -0.25) is 14.9 Å². The van der Waals surface area contributed by atoms with Gasteiger partial charge in [0.15, 0.2) is 12.4 Å². The molecule has 0 atom stereocenters. The van der Waals surface area contributed by atoms with Crippen LogP contribution in [0.3, 0.4) is 0 Å². The van der Waals surface area contributed by atoms with Crippen molar-refractivity contribution in [2.45, 2.75) is 0 Å². The monoisotopic (exact) mass is 359 g/mol. The zero-order chi connectivity index (χ0) is 18.0. The quantitative estimate of drug-likeness (QED) is 0.295. The topological polar surface area (TPSA) is 99.7 Å². The van der Waals surface area contributed by atoms with E-state index < -0.39 is 29.0 Å². The molecule has 0 radical (unpaired) electrons. The van der Waals surface area contributed by atoms with Gasteiger partial charge >= 0.3 is 5.97 Å². The summed E-state index contributed by atoms with van der Waals surface area (Å²) in [4.78, 5) is 34.4. The number of hydrogen-bond acceptors (Lipinski definition) is 6. The number of benzene rings is 2. The van der Waals surface area contributed by atoms with Crippen LogP contribution in [0.25, 0.3) is 11.0 Å². The van der Waals surface area contributed by atoms with E-state index in [4.69, 9.17) is 20.8 Å². The molecule has 0 unspecified atom stereocenters. The lowest BCUT2D eigenvalue weighted by Gasteiger charge is -2.04. The van der Waals surface area contributed by atoms with E-state index in [1.165, 1.54) is 12.1 Å². The number of nitrogens with zero attached hydrogens (tertiary/aromatic N) is 1. The molecule has 0 spiro atoms. The molecule has 0 saturated heterocycles. The summed E-state index contributed by atoms with van der Waals surface area (Å²) in [6.45, 7) is -0.609. The summed E-state index contributed by atoms with van der Waals surface area (Å²) in [6.07, 6.45) is 0. The normalized spacial score (nSPS) is 10.6. The second-order valence-corrected chi connectivity index (χ2v) is 5.50. The fourth-order valence-electron chi connectivity index (χ4n) is 2.23. The number of fused-ring (bicyclic) bond motifs is 1. The van der Waals surface area contributed by atoms with Crippen molar-refractivity contribution in [1.29, 1.82) is 0 Å². The van der Waals surface area contributed by atoms with E-state index >= 15 is 0 Å². The molecule has 25 heavy (non-hydrogen) atoms. The lowest BCUT2D eigenvalue weighted by atomic mass is 10.2. The summed E-state index contributed by atoms with van der Waals surface area (Å²) in [6, 6.07) is 12.1. The van der Waals surface area contributed by atoms with Gasteiger partial charge in [0.2, 0.25) is 5.78 Å². The van der Waals surface area contributed by atoms with Gasteiger partial charge in [-0.2, -0.15) is 0 Å². The first-order chi connectivity index (χ1) is 12.0. The minimum atomic E-state index is -1.02. The number of rotatable bonds is 5. The van der Waals surface area contributed by atoms with Crippen LogP contribution in [0.15, 0.2) is 52.9 Å². The van der Waals surface area contributed by atoms with Gasteiger partial charge in [-0.05, 0) is 24.3 Å². The molecule has 0 N–H and O–H groups in total. The van der Waals surface area contributed by atoms with Crippen molar-refractivity contribution in [3.63, 3.8) is 0 Å². The fraction of sp³-hybridized carbons (Fsp3) is 0.0588. The van der Waals surface area contributed by atoms with Crippen molar-refractivity contribution in [1.82, 2.24) is 0 Å². The highest BCUT2D eigenvalue weighted by atomic mass is 35.5. The summed E-state index contributed by atoms with van der Waals surface area (Å²) >= 11 is 5.76. The van der Waals surface area contributed by atoms with Gasteiger partial charge in [0.1, 0.15) is 11.1 Å². The smallest absolute Gasteiger partial charge is 0.345 e. The predicted molar refractivity (Wildman–Crippen MR) is 88.9 cm³/mol. The number of hydrogen-bond donors (Lipinski definition) is 0. The number of para-hydroxylation sites is 1. The van der Waals surface area contributed by atoms with Crippen molar-refractivity contribution in [2.75, 3.05) is 6.61 Å². The maximum atomic E-state index is 12.1. The van der Waals surface area contributed by atoms with Crippen molar-refractivity contribution in [2.24, 2.45) is 0 Å². The number of furan rings is 1.